The quantitative estimate of drug-likeness (QED) is 0.314. The Morgan fingerprint density at radius 2 is 1.54 bits per heavy atom. The topological polar surface area (TPSA) is 92.2 Å². The Balaban J connectivity index is 1.49. The van der Waals surface area contributed by atoms with Crippen LogP contribution in [0.1, 0.15) is 42.1 Å². The van der Waals surface area contributed by atoms with E-state index in [-0.39, 0.29) is 5.78 Å². The number of aromatic nitrogens is 2. The van der Waals surface area contributed by atoms with Crippen molar-refractivity contribution in [2.24, 2.45) is 0 Å². The molecule has 1 heterocycles. The number of Topliss-reactive ketones (excluding diaryl/α,β-unsaturated/α-hetero) is 1. The van der Waals surface area contributed by atoms with Crippen molar-refractivity contribution in [3.63, 3.8) is 0 Å². The van der Waals surface area contributed by atoms with Crippen LogP contribution in [-0.4, -0.2) is 26.8 Å². The van der Waals surface area contributed by atoms with Crippen molar-refractivity contribution < 1.29 is 14.7 Å². The molecule has 0 unspecified atom stereocenters. The second-order valence-electron chi connectivity index (χ2n) is 8.90. The number of aliphatic carboxylic acids is 1. The number of carboxylic acids is 1. The number of ketones is 1. The van der Waals surface area contributed by atoms with Crippen LogP contribution < -0.4 is 5.32 Å². The Hall–Kier alpha value is -4.32. The molecule has 1 aromatic heterocycles. The fourth-order valence-electron chi connectivity index (χ4n) is 4.43. The molecule has 6 nitrogen and oxygen atoms in total. The van der Waals surface area contributed by atoms with Crippen LogP contribution in [0.4, 0.5) is 11.5 Å². The lowest BCUT2D eigenvalue weighted by atomic mass is 9.64. The lowest BCUT2D eigenvalue weighted by Gasteiger charge is -2.38. The molecule has 6 heteroatoms. The number of hydrogen-bond acceptors (Lipinski definition) is 5. The van der Waals surface area contributed by atoms with E-state index in [0.29, 0.717) is 30.0 Å². The van der Waals surface area contributed by atoms with Gasteiger partial charge in [0, 0.05) is 28.4 Å². The molecule has 0 atom stereocenters. The van der Waals surface area contributed by atoms with Crippen LogP contribution in [0.25, 0.3) is 22.6 Å². The van der Waals surface area contributed by atoms with Crippen LogP contribution >= 0.6 is 0 Å². The Bertz CT molecular complexity index is 1380. The first-order chi connectivity index (χ1) is 16.9. The van der Waals surface area contributed by atoms with Crippen molar-refractivity contribution in [2.75, 3.05) is 5.32 Å². The molecule has 0 spiro atoms. The van der Waals surface area contributed by atoms with E-state index < -0.39 is 11.4 Å². The highest BCUT2D eigenvalue weighted by Gasteiger charge is 2.45. The third-order valence-corrected chi connectivity index (χ3v) is 6.67. The minimum absolute atomic E-state index is 0.00730. The van der Waals surface area contributed by atoms with Crippen LogP contribution in [0, 0.1) is 0 Å². The number of nitrogens with one attached hydrogen (secondary N) is 1. The molecule has 0 radical (unpaired) electrons. The Morgan fingerprint density at radius 3 is 2.11 bits per heavy atom. The number of nitrogens with zero attached hydrogens (tertiary/aromatic N) is 2. The third-order valence-electron chi connectivity index (χ3n) is 6.67. The summed E-state index contributed by atoms with van der Waals surface area (Å²) in [5, 5.41) is 13.1. The van der Waals surface area contributed by atoms with Gasteiger partial charge in [-0.05, 0) is 37.5 Å². The molecule has 0 bridgehead atoms. The number of benzene rings is 3. The normalized spacial score (nSPS) is 14.1. The summed E-state index contributed by atoms with van der Waals surface area (Å²) in [4.78, 5) is 33.0. The molecule has 5 rings (SSSR count). The average Bonchev–Trinajstić information content (AvgIpc) is 2.84. The number of carbonyl (C=O) groups excluding carboxylic acids is 1. The van der Waals surface area contributed by atoms with Crippen molar-refractivity contribution in [2.45, 2.75) is 31.6 Å². The number of hydrogen-bond donors (Lipinski definition) is 2. The zero-order chi connectivity index (χ0) is 24.4. The van der Waals surface area contributed by atoms with Gasteiger partial charge in [0.15, 0.2) is 11.6 Å². The van der Waals surface area contributed by atoms with Gasteiger partial charge in [-0.15, -0.1) is 0 Å². The molecule has 0 saturated heterocycles. The Kier molecular flexibility index (Phi) is 5.87. The maximum absolute atomic E-state index is 11.8. The molecule has 4 aromatic rings. The van der Waals surface area contributed by atoms with Crippen molar-refractivity contribution in [1.29, 1.82) is 0 Å². The Morgan fingerprint density at radius 1 is 0.857 bits per heavy atom. The van der Waals surface area contributed by atoms with E-state index in [1.165, 1.54) is 6.92 Å². The first kappa shape index (κ1) is 22.5. The van der Waals surface area contributed by atoms with Gasteiger partial charge in [0.05, 0.1) is 11.1 Å². The summed E-state index contributed by atoms with van der Waals surface area (Å²) >= 11 is 0. The minimum atomic E-state index is -0.757. The lowest BCUT2D eigenvalue weighted by molar-refractivity contribution is -0.147. The number of carboxylic acid groups (broad SMARTS) is 1. The number of carbonyl (C=O) groups is 2. The first-order valence-corrected chi connectivity index (χ1v) is 11.6. The smallest absolute Gasteiger partial charge is 0.314 e. The molecule has 35 heavy (non-hydrogen) atoms. The highest BCUT2D eigenvalue weighted by atomic mass is 16.4. The van der Waals surface area contributed by atoms with E-state index in [1.54, 1.807) is 12.1 Å². The number of rotatable bonds is 7. The molecule has 0 aliphatic heterocycles. The van der Waals surface area contributed by atoms with Crippen molar-refractivity contribution in [3.8, 4) is 22.6 Å². The summed E-state index contributed by atoms with van der Waals surface area (Å²) in [6.07, 6.45) is 2.28. The molecule has 0 amide bonds. The van der Waals surface area contributed by atoms with Crippen LogP contribution in [0.15, 0.2) is 84.9 Å². The molecule has 1 fully saturated rings. The summed E-state index contributed by atoms with van der Waals surface area (Å²) < 4.78 is 0. The van der Waals surface area contributed by atoms with E-state index in [0.717, 1.165) is 34.5 Å². The van der Waals surface area contributed by atoms with E-state index in [4.69, 9.17) is 9.97 Å². The molecule has 1 saturated carbocycles. The summed E-state index contributed by atoms with van der Waals surface area (Å²) in [6.45, 7) is 1.54. The molecule has 1 aliphatic rings. The van der Waals surface area contributed by atoms with Crippen LogP contribution in [0.3, 0.4) is 0 Å². The van der Waals surface area contributed by atoms with Crippen molar-refractivity contribution in [3.05, 3.63) is 96.1 Å². The maximum atomic E-state index is 11.8. The zero-order valence-corrected chi connectivity index (χ0v) is 19.4. The van der Waals surface area contributed by atoms with Gasteiger partial charge >= 0.3 is 5.97 Å². The van der Waals surface area contributed by atoms with Crippen LogP contribution in [-0.2, 0) is 10.2 Å². The monoisotopic (exact) mass is 463 g/mol. The fourth-order valence-corrected chi connectivity index (χ4v) is 4.43. The van der Waals surface area contributed by atoms with Crippen molar-refractivity contribution >= 4 is 23.3 Å². The van der Waals surface area contributed by atoms with Gasteiger partial charge in [-0.2, -0.15) is 0 Å². The molecule has 174 valence electrons. The van der Waals surface area contributed by atoms with Gasteiger partial charge in [-0.25, -0.2) is 9.97 Å². The molecule has 3 aromatic carbocycles. The van der Waals surface area contributed by atoms with E-state index >= 15 is 0 Å². The second-order valence-corrected chi connectivity index (χ2v) is 8.90. The van der Waals surface area contributed by atoms with Crippen LogP contribution in [0.5, 0.6) is 0 Å². The summed E-state index contributed by atoms with van der Waals surface area (Å²) in [7, 11) is 0. The van der Waals surface area contributed by atoms with E-state index in [1.807, 2.05) is 72.8 Å². The van der Waals surface area contributed by atoms with Gasteiger partial charge in [-0.1, -0.05) is 73.2 Å². The molecular formula is C29H25N3O3. The molecular weight excluding hydrogens is 438 g/mol. The molecule has 2 N–H and O–H groups in total. The maximum Gasteiger partial charge on any atom is 0.314 e. The first-order valence-electron chi connectivity index (χ1n) is 11.6. The standard InChI is InChI=1S/C29H25N3O3/c1-19(33)20-8-10-22(11-9-20)27-31-25(21-6-3-2-4-7-21)18-26(32-27)30-24-14-12-23(13-15-24)29(28(34)35)16-5-17-29/h2-4,6-15,18H,5,16-17H2,1H3,(H,34,35)(H,30,31,32). The third kappa shape index (κ3) is 4.43. The Labute approximate surface area is 203 Å². The summed E-state index contributed by atoms with van der Waals surface area (Å²) in [5.74, 6) is 0.412. The SMILES string of the molecule is CC(=O)c1ccc(-c2nc(Nc3ccc(C4(C(=O)O)CCC4)cc3)cc(-c3ccccc3)n2)cc1. The highest BCUT2D eigenvalue weighted by molar-refractivity contribution is 5.94. The fraction of sp³-hybridized carbons (Fsp3) is 0.172. The van der Waals surface area contributed by atoms with Gasteiger partial charge in [0.2, 0.25) is 0 Å². The van der Waals surface area contributed by atoms with Crippen molar-refractivity contribution in [1.82, 2.24) is 9.97 Å². The predicted octanol–water partition coefficient (Wildman–Crippen LogP) is 6.26. The minimum Gasteiger partial charge on any atom is -0.481 e. The van der Waals surface area contributed by atoms with E-state index in [2.05, 4.69) is 5.32 Å². The predicted molar refractivity (Wildman–Crippen MR) is 136 cm³/mol. The second kappa shape index (κ2) is 9.14. The largest absolute Gasteiger partial charge is 0.481 e. The van der Waals surface area contributed by atoms with E-state index in [9.17, 15) is 14.7 Å². The zero-order valence-electron chi connectivity index (χ0n) is 19.4. The van der Waals surface area contributed by atoms with Crippen LogP contribution in [0.2, 0.25) is 0 Å². The highest BCUT2D eigenvalue weighted by Crippen LogP contribution is 2.44. The summed E-state index contributed by atoms with van der Waals surface area (Å²) in [5.41, 5.74) is 4.06. The number of anilines is 2. The van der Waals surface area contributed by atoms with Gasteiger partial charge in [-0.3, -0.25) is 9.59 Å². The van der Waals surface area contributed by atoms with Gasteiger partial charge in [0.1, 0.15) is 5.82 Å². The van der Waals surface area contributed by atoms with Gasteiger partial charge < -0.3 is 10.4 Å². The molecule has 1 aliphatic carbocycles. The lowest BCUT2D eigenvalue weighted by Crippen LogP contribution is -2.42. The van der Waals surface area contributed by atoms with Gasteiger partial charge in [0.25, 0.3) is 0 Å². The summed E-state index contributed by atoms with van der Waals surface area (Å²) in [6, 6.07) is 26.6. The average molecular weight is 464 g/mol.